The molecule has 1 atom stereocenters. The molecule has 0 aliphatic carbocycles. The maximum atomic E-state index is 13.8. The summed E-state index contributed by atoms with van der Waals surface area (Å²) < 4.78 is 87.4. The molecular weight excluding hydrogens is 584 g/mol. The van der Waals surface area contributed by atoms with Gasteiger partial charge in [-0.2, -0.15) is 13.2 Å². The number of rotatable bonds is 15. The Morgan fingerprint density at radius 2 is 1.18 bits per heavy atom. The first-order valence-electron chi connectivity index (χ1n) is 14.1. The summed E-state index contributed by atoms with van der Waals surface area (Å²) in [6, 6.07) is 22.0. The Balaban J connectivity index is 1.51. The van der Waals surface area contributed by atoms with Crippen LogP contribution in [0.25, 0.3) is 11.1 Å². The molecule has 10 heteroatoms. The Bertz CT molecular complexity index is 1450. The molecule has 0 unspecified atom stereocenters. The Labute approximate surface area is 251 Å². The van der Waals surface area contributed by atoms with Gasteiger partial charge in [0, 0.05) is 24.2 Å². The van der Waals surface area contributed by atoms with Crippen LogP contribution in [-0.4, -0.2) is 35.7 Å². The number of nitrogens with zero attached hydrogens (tertiary/aromatic N) is 1. The van der Waals surface area contributed by atoms with Crippen LogP contribution in [0, 0.1) is 5.41 Å². The Kier molecular flexibility index (Phi) is 10.4. The van der Waals surface area contributed by atoms with Gasteiger partial charge in [0.1, 0.15) is 12.4 Å². The van der Waals surface area contributed by atoms with E-state index in [4.69, 9.17) is 4.74 Å². The van der Waals surface area contributed by atoms with E-state index in [1.807, 2.05) is 0 Å². The van der Waals surface area contributed by atoms with Crippen molar-refractivity contribution in [3.8, 4) is 16.9 Å². The number of hydrogen-bond donors (Lipinski definition) is 1. The minimum atomic E-state index is -4.40. The molecule has 1 aromatic heterocycles. The summed E-state index contributed by atoms with van der Waals surface area (Å²) in [7, 11) is 0. The first-order chi connectivity index (χ1) is 21.1. The Morgan fingerprint density at radius 1 is 0.705 bits per heavy atom. The van der Waals surface area contributed by atoms with Gasteiger partial charge in [0.05, 0.1) is 25.6 Å². The van der Waals surface area contributed by atoms with Crippen LogP contribution >= 0.6 is 0 Å². The van der Waals surface area contributed by atoms with E-state index in [2.05, 4.69) is 0 Å². The van der Waals surface area contributed by atoms with Crippen molar-refractivity contribution in [2.75, 3.05) is 20.0 Å². The lowest BCUT2D eigenvalue weighted by Gasteiger charge is -2.48. The largest absolute Gasteiger partial charge is 0.489 e. The molecule has 0 aliphatic heterocycles. The highest BCUT2D eigenvalue weighted by molar-refractivity contribution is 5.79. The van der Waals surface area contributed by atoms with Crippen LogP contribution in [0.3, 0.4) is 0 Å². The highest BCUT2D eigenvalue weighted by Gasteiger charge is 2.57. The van der Waals surface area contributed by atoms with Gasteiger partial charge in [0.25, 0.3) is 0 Å². The van der Waals surface area contributed by atoms with Gasteiger partial charge in [0.2, 0.25) is 0 Å². The molecule has 4 rings (SSSR count). The number of carboxylic acids is 1. The molecule has 1 N–H and O–H groups in total. The number of hydrogen-bond acceptors (Lipinski definition) is 2. The number of halogens is 6. The fourth-order valence-corrected chi connectivity index (χ4v) is 5.90. The lowest BCUT2D eigenvalue weighted by atomic mass is 9.61. The van der Waals surface area contributed by atoms with E-state index in [-0.39, 0.29) is 32.3 Å². The number of carboxylic acid groups (broad SMARTS) is 1. The molecule has 4 aromatic rings. The fraction of sp³-hybridized carbons (Fsp3) is 0.324. The van der Waals surface area contributed by atoms with Crippen molar-refractivity contribution >= 4 is 5.97 Å². The third-order valence-corrected chi connectivity index (χ3v) is 8.28. The molecule has 44 heavy (non-hydrogen) atoms. The Hall–Kier alpha value is -4.21. The number of aliphatic carboxylic acids is 1. The minimum absolute atomic E-state index is 0.136. The summed E-state index contributed by atoms with van der Waals surface area (Å²) in [5, 5.41) is 10.6. The van der Waals surface area contributed by atoms with Crippen LogP contribution < -0.4 is 4.74 Å². The summed E-state index contributed by atoms with van der Waals surface area (Å²) in [6.45, 7) is -2.57. The third kappa shape index (κ3) is 6.95. The van der Waals surface area contributed by atoms with Crippen molar-refractivity contribution in [1.82, 2.24) is 4.57 Å². The maximum absolute atomic E-state index is 13.8. The van der Waals surface area contributed by atoms with Crippen molar-refractivity contribution in [3.63, 3.8) is 0 Å². The second-order valence-electron chi connectivity index (χ2n) is 10.7. The standard InChI is InChI=1S/C34H33F6NO3/c35-18-15-32(16-19-36,17-20-37)33(31(42)43,41-21-1-2-22-41)23-25-5-13-30(14-6-25)44-24-26-3-7-27(8-4-26)28-9-11-29(12-10-28)34(38,39)40/h1-14,21-22H,15-20,23-24H2,(H,42,43)/t33-/m1/s1. The van der Waals surface area contributed by atoms with Crippen LogP contribution in [0.1, 0.15) is 36.0 Å². The normalized spacial score (nSPS) is 13.4. The quantitative estimate of drug-likeness (QED) is 0.136. The third-order valence-electron chi connectivity index (χ3n) is 8.28. The predicted molar refractivity (Wildman–Crippen MR) is 156 cm³/mol. The van der Waals surface area contributed by atoms with Crippen molar-refractivity contribution in [2.45, 2.75) is 44.0 Å². The fourth-order valence-electron chi connectivity index (χ4n) is 5.90. The smallest absolute Gasteiger partial charge is 0.416 e. The van der Waals surface area contributed by atoms with Crippen molar-refractivity contribution < 1.29 is 41.0 Å². The predicted octanol–water partition coefficient (Wildman–Crippen LogP) is 8.84. The van der Waals surface area contributed by atoms with Crippen molar-refractivity contribution in [1.29, 1.82) is 0 Å². The Morgan fingerprint density at radius 3 is 1.64 bits per heavy atom. The summed E-state index contributed by atoms with van der Waals surface area (Å²) in [4.78, 5) is 13.0. The number of alkyl halides is 6. The van der Waals surface area contributed by atoms with Crippen LogP contribution in [0.5, 0.6) is 5.75 Å². The molecule has 0 radical (unpaired) electrons. The average Bonchev–Trinajstić information content (AvgIpc) is 3.55. The van der Waals surface area contributed by atoms with E-state index in [1.165, 1.54) is 29.1 Å². The number of benzene rings is 3. The molecule has 0 fully saturated rings. The highest BCUT2D eigenvalue weighted by Crippen LogP contribution is 2.49. The van der Waals surface area contributed by atoms with E-state index in [0.29, 0.717) is 16.9 Å². The van der Waals surface area contributed by atoms with E-state index >= 15 is 0 Å². The minimum Gasteiger partial charge on any atom is -0.489 e. The molecule has 0 aliphatic rings. The van der Waals surface area contributed by atoms with Gasteiger partial charge in [-0.05, 0) is 77.9 Å². The SMILES string of the molecule is O=C(O)[C@@](Cc1ccc(OCc2ccc(-c3ccc(C(F)(F)F)cc3)cc2)cc1)(n1cccc1)C(CCF)(CCF)CCF. The van der Waals surface area contributed by atoms with Gasteiger partial charge >= 0.3 is 12.1 Å². The van der Waals surface area contributed by atoms with Crippen LogP contribution in [0.2, 0.25) is 0 Å². The zero-order valence-corrected chi connectivity index (χ0v) is 23.9. The molecule has 0 spiro atoms. The molecular formula is C34H33F6NO3. The summed E-state index contributed by atoms with van der Waals surface area (Å²) in [5.74, 6) is -0.811. The van der Waals surface area contributed by atoms with Gasteiger partial charge in [-0.15, -0.1) is 0 Å². The van der Waals surface area contributed by atoms with E-state index in [0.717, 1.165) is 23.3 Å². The van der Waals surface area contributed by atoms with E-state index < -0.39 is 48.7 Å². The molecule has 0 bridgehead atoms. The summed E-state index contributed by atoms with van der Waals surface area (Å²) >= 11 is 0. The molecule has 234 valence electrons. The second-order valence-corrected chi connectivity index (χ2v) is 10.7. The number of aromatic nitrogens is 1. The molecule has 1 heterocycles. The monoisotopic (exact) mass is 617 g/mol. The highest BCUT2D eigenvalue weighted by atomic mass is 19.4. The lowest BCUT2D eigenvalue weighted by molar-refractivity contribution is -0.159. The average molecular weight is 618 g/mol. The topological polar surface area (TPSA) is 51.5 Å². The molecule has 0 saturated carbocycles. The first kappa shape index (κ1) is 32.7. The van der Waals surface area contributed by atoms with Crippen LogP contribution in [-0.2, 0) is 29.5 Å². The van der Waals surface area contributed by atoms with Gasteiger partial charge in [-0.25, -0.2) is 4.79 Å². The van der Waals surface area contributed by atoms with Gasteiger partial charge in [0.15, 0.2) is 5.54 Å². The van der Waals surface area contributed by atoms with E-state index in [9.17, 15) is 36.2 Å². The van der Waals surface area contributed by atoms with Gasteiger partial charge < -0.3 is 14.4 Å². The lowest BCUT2D eigenvalue weighted by Crippen LogP contribution is -2.57. The second kappa shape index (κ2) is 14.1. The molecule has 0 amide bonds. The van der Waals surface area contributed by atoms with Gasteiger partial charge in [-0.1, -0.05) is 48.5 Å². The summed E-state index contributed by atoms with van der Waals surface area (Å²) in [5.41, 5.74) is -1.32. The molecule has 3 aromatic carbocycles. The zero-order chi connectivity index (χ0) is 31.8. The number of carbonyl (C=O) groups is 1. The van der Waals surface area contributed by atoms with Gasteiger partial charge in [-0.3, -0.25) is 13.2 Å². The van der Waals surface area contributed by atoms with Crippen molar-refractivity contribution in [2.24, 2.45) is 5.41 Å². The first-order valence-corrected chi connectivity index (χ1v) is 14.1. The molecule has 0 saturated heterocycles. The number of ether oxygens (including phenoxy) is 1. The van der Waals surface area contributed by atoms with Crippen LogP contribution in [0.4, 0.5) is 26.3 Å². The maximum Gasteiger partial charge on any atom is 0.416 e. The summed E-state index contributed by atoms with van der Waals surface area (Å²) in [6.07, 6.45) is -2.43. The zero-order valence-electron chi connectivity index (χ0n) is 23.9. The van der Waals surface area contributed by atoms with Crippen molar-refractivity contribution in [3.05, 3.63) is 114 Å². The molecule has 4 nitrogen and oxygen atoms in total. The van der Waals surface area contributed by atoms with E-state index in [1.54, 1.807) is 60.7 Å². The van der Waals surface area contributed by atoms with Crippen LogP contribution in [0.15, 0.2) is 97.3 Å².